The molecule has 0 saturated heterocycles. The zero-order chi connectivity index (χ0) is 13.1. The maximum Gasteiger partial charge on any atom is 0.128 e. The number of nitrogens with one attached hydrogen (secondary N) is 1. The Balaban J connectivity index is 2.48. The topological polar surface area (TPSA) is 24.9 Å². The molecule has 4 heteroatoms. The Hall–Kier alpha value is -1.45. The fourth-order valence-corrected chi connectivity index (χ4v) is 2.15. The van der Waals surface area contributed by atoms with Gasteiger partial charge in [-0.3, -0.25) is 4.98 Å². The summed E-state index contributed by atoms with van der Waals surface area (Å²) in [6, 6.07) is 6.29. The predicted molar refractivity (Wildman–Crippen MR) is 71.3 cm³/mol. The van der Waals surface area contributed by atoms with Crippen LogP contribution in [-0.2, 0) is 0 Å². The first-order valence-electron chi connectivity index (χ1n) is 5.65. The zero-order valence-electron chi connectivity index (χ0n) is 10.2. The molecule has 94 valence electrons. The number of nitrogens with zero attached hydrogens (tertiary/aromatic N) is 1. The van der Waals surface area contributed by atoms with Crippen molar-refractivity contribution in [2.45, 2.75) is 13.0 Å². The summed E-state index contributed by atoms with van der Waals surface area (Å²) in [5, 5.41) is 3.61. The summed E-state index contributed by atoms with van der Waals surface area (Å²) in [6.07, 6.45) is 3.50. The number of halogens is 2. The summed E-state index contributed by atoms with van der Waals surface area (Å²) in [4.78, 5) is 4.14. The molecule has 0 bridgehead atoms. The SMILES string of the molecule is CNC(c1cncc(C)c1)c1cc(Cl)ccc1F. The third-order valence-corrected chi connectivity index (χ3v) is 3.02. The highest BCUT2D eigenvalue weighted by molar-refractivity contribution is 6.30. The van der Waals surface area contributed by atoms with E-state index in [1.54, 1.807) is 31.6 Å². The monoisotopic (exact) mass is 264 g/mol. The Labute approximate surface area is 111 Å². The highest BCUT2D eigenvalue weighted by atomic mass is 35.5. The van der Waals surface area contributed by atoms with E-state index in [0.29, 0.717) is 10.6 Å². The summed E-state index contributed by atoms with van der Waals surface area (Å²) in [6.45, 7) is 1.96. The highest BCUT2D eigenvalue weighted by Gasteiger charge is 2.17. The third kappa shape index (κ3) is 2.68. The molecule has 2 nitrogen and oxygen atoms in total. The molecule has 0 saturated carbocycles. The van der Waals surface area contributed by atoms with Crippen LogP contribution in [0.15, 0.2) is 36.7 Å². The Bertz CT molecular complexity index is 557. The first-order valence-corrected chi connectivity index (χ1v) is 6.03. The quantitative estimate of drug-likeness (QED) is 0.918. The van der Waals surface area contributed by atoms with E-state index >= 15 is 0 Å². The molecule has 1 atom stereocenters. The van der Waals surface area contributed by atoms with Crippen molar-refractivity contribution in [1.82, 2.24) is 10.3 Å². The van der Waals surface area contributed by atoms with Crippen molar-refractivity contribution < 1.29 is 4.39 Å². The van der Waals surface area contributed by atoms with E-state index in [4.69, 9.17) is 11.6 Å². The lowest BCUT2D eigenvalue weighted by Crippen LogP contribution is -2.19. The fourth-order valence-electron chi connectivity index (χ4n) is 1.97. The standard InChI is InChI=1S/C14H14ClFN2/c1-9-5-10(8-18-7-9)14(17-2)12-6-11(15)3-4-13(12)16/h3-8,14,17H,1-2H3. The molecule has 0 aliphatic heterocycles. The smallest absolute Gasteiger partial charge is 0.128 e. The summed E-state index contributed by atoms with van der Waals surface area (Å²) in [7, 11) is 1.79. The Morgan fingerprint density at radius 2 is 2.06 bits per heavy atom. The van der Waals surface area contributed by atoms with Crippen LogP contribution in [0.5, 0.6) is 0 Å². The van der Waals surface area contributed by atoms with Gasteiger partial charge in [0.25, 0.3) is 0 Å². The molecule has 0 aliphatic carbocycles. The van der Waals surface area contributed by atoms with Crippen molar-refractivity contribution in [3.05, 3.63) is 64.2 Å². The average molecular weight is 265 g/mol. The predicted octanol–water partition coefficient (Wildman–Crippen LogP) is 3.49. The van der Waals surface area contributed by atoms with Crippen molar-refractivity contribution in [3.63, 3.8) is 0 Å². The summed E-state index contributed by atoms with van der Waals surface area (Å²) in [5.74, 6) is -0.278. The van der Waals surface area contributed by atoms with Crippen LogP contribution in [0, 0.1) is 12.7 Å². The molecule has 1 aromatic carbocycles. The minimum atomic E-state index is -0.278. The molecule has 1 unspecified atom stereocenters. The number of pyridine rings is 1. The molecule has 18 heavy (non-hydrogen) atoms. The van der Waals surface area contributed by atoms with E-state index in [2.05, 4.69) is 10.3 Å². The molecular weight excluding hydrogens is 251 g/mol. The van der Waals surface area contributed by atoms with Crippen LogP contribution in [0.25, 0.3) is 0 Å². The molecule has 0 spiro atoms. The second-order valence-electron chi connectivity index (χ2n) is 4.18. The van der Waals surface area contributed by atoms with Gasteiger partial charge < -0.3 is 5.32 Å². The van der Waals surface area contributed by atoms with Gasteiger partial charge >= 0.3 is 0 Å². The molecule has 0 fully saturated rings. The van der Waals surface area contributed by atoms with Crippen LogP contribution in [0.3, 0.4) is 0 Å². The summed E-state index contributed by atoms with van der Waals surface area (Å²) >= 11 is 5.93. The summed E-state index contributed by atoms with van der Waals surface area (Å²) < 4.78 is 13.9. The van der Waals surface area contributed by atoms with Gasteiger partial charge in [-0.2, -0.15) is 0 Å². The molecule has 2 rings (SSSR count). The van der Waals surface area contributed by atoms with Crippen LogP contribution < -0.4 is 5.32 Å². The number of aromatic nitrogens is 1. The second kappa shape index (κ2) is 5.46. The lowest BCUT2D eigenvalue weighted by Gasteiger charge is -2.18. The Morgan fingerprint density at radius 1 is 1.28 bits per heavy atom. The largest absolute Gasteiger partial charge is 0.309 e. The maximum atomic E-state index is 13.9. The molecule has 1 N–H and O–H groups in total. The van der Waals surface area contributed by atoms with Crippen LogP contribution in [0.2, 0.25) is 5.02 Å². The molecule has 1 heterocycles. The second-order valence-corrected chi connectivity index (χ2v) is 4.62. The number of hydrogen-bond acceptors (Lipinski definition) is 2. The molecule has 2 aromatic rings. The van der Waals surface area contributed by atoms with Gasteiger partial charge in [0.15, 0.2) is 0 Å². The van der Waals surface area contributed by atoms with Crippen molar-refractivity contribution in [3.8, 4) is 0 Å². The van der Waals surface area contributed by atoms with Crippen molar-refractivity contribution in [1.29, 1.82) is 0 Å². The molecule has 1 aromatic heterocycles. The third-order valence-electron chi connectivity index (χ3n) is 2.79. The number of rotatable bonds is 3. The van der Waals surface area contributed by atoms with Crippen molar-refractivity contribution in [2.24, 2.45) is 0 Å². The van der Waals surface area contributed by atoms with E-state index in [-0.39, 0.29) is 11.9 Å². The summed E-state index contributed by atoms with van der Waals surface area (Å²) in [5.41, 5.74) is 2.48. The highest BCUT2D eigenvalue weighted by Crippen LogP contribution is 2.26. The lowest BCUT2D eigenvalue weighted by atomic mass is 9.99. The Kier molecular flexibility index (Phi) is 3.94. The van der Waals surface area contributed by atoms with E-state index in [9.17, 15) is 4.39 Å². The Morgan fingerprint density at radius 3 is 2.72 bits per heavy atom. The molecule has 0 amide bonds. The molecule has 0 radical (unpaired) electrons. The van der Waals surface area contributed by atoms with Crippen LogP contribution in [0.1, 0.15) is 22.7 Å². The van der Waals surface area contributed by atoms with Crippen LogP contribution in [0.4, 0.5) is 4.39 Å². The van der Waals surface area contributed by atoms with E-state index < -0.39 is 0 Å². The van der Waals surface area contributed by atoms with Gasteiger partial charge in [-0.25, -0.2) is 4.39 Å². The van der Waals surface area contributed by atoms with Gasteiger partial charge in [0.2, 0.25) is 0 Å². The lowest BCUT2D eigenvalue weighted by molar-refractivity contribution is 0.575. The van der Waals surface area contributed by atoms with E-state index in [0.717, 1.165) is 11.1 Å². The maximum absolute atomic E-state index is 13.9. The van der Waals surface area contributed by atoms with Gasteiger partial charge in [-0.05, 0) is 43.3 Å². The first-order chi connectivity index (χ1) is 8.61. The number of hydrogen-bond donors (Lipinski definition) is 1. The minimum absolute atomic E-state index is 0.254. The van der Waals surface area contributed by atoms with Gasteiger partial charge in [0.1, 0.15) is 5.82 Å². The fraction of sp³-hybridized carbons (Fsp3) is 0.214. The first kappa shape index (κ1) is 13.0. The minimum Gasteiger partial charge on any atom is -0.309 e. The number of aryl methyl sites for hydroxylation is 1. The van der Waals surface area contributed by atoms with E-state index in [1.165, 1.54) is 6.07 Å². The zero-order valence-corrected chi connectivity index (χ0v) is 11.0. The number of benzene rings is 1. The van der Waals surface area contributed by atoms with Crippen molar-refractivity contribution in [2.75, 3.05) is 7.05 Å². The van der Waals surface area contributed by atoms with Crippen LogP contribution >= 0.6 is 11.6 Å². The van der Waals surface area contributed by atoms with Gasteiger partial charge in [-0.15, -0.1) is 0 Å². The van der Waals surface area contributed by atoms with Crippen LogP contribution in [-0.4, -0.2) is 12.0 Å². The molecule has 0 aliphatic rings. The van der Waals surface area contributed by atoms with Gasteiger partial charge in [0.05, 0.1) is 6.04 Å². The average Bonchev–Trinajstić information content (AvgIpc) is 2.35. The normalized spacial score (nSPS) is 12.4. The van der Waals surface area contributed by atoms with Crippen molar-refractivity contribution >= 4 is 11.6 Å². The van der Waals surface area contributed by atoms with Gasteiger partial charge in [-0.1, -0.05) is 17.7 Å². The van der Waals surface area contributed by atoms with E-state index in [1.807, 2.05) is 13.0 Å². The molecular formula is C14H14ClFN2. The van der Waals surface area contributed by atoms with Gasteiger partial charge in [0, 0.05) is 23.0 Å².